The molecule has 0 atom stereocenters. The molecule has 42 heavy (non-hydrogen) atoms. The van der Waals surface area contributed by atoms with Gasteiger partial charge in [-0.25, -0.2) is 24.4 Å². The highest BCUT2D eigenvalue weighted by Gasteiger charge is 2.37. The fourth-order valence-corrected chi connectivity index (χ4v) is 4.64. The molecule has 0 aromatic heterocycles. The van der Waals surface area contributed by atoms with Crippen LogP contribution in [0.2, 0.25) is 0 Å². The third-order valence-electron chi connectivity index (χ3n) is 6.62. The van der Waals surface area contributed by atoms with Crippen LogP contribution in [0.15, 0.2) is 29.3 Å². The Morgan fingerprint density at radius 1 is 0.905 bits per heavy atom. The molecule has 0 aliphatic carbocycles. The maximum absolute atomic E-state index is 13.2. The molecule has 2 aliphatic heterocycles. The monoisotopic (exact) mass is 587 g/mol. The number of carbonyl (C=O) groups is 4. The van der Waals surface area contributed by atoms with Gasteiger partial charge in [0, 0.05) is 44.3 Å². The van der Waals surface area contributed by atoms with Gasteiger partial charge in [0.2, 0.25) is 11.9 Å². The van der Waals surface area contributed by atoms with Gasteiger partial charge in [-0.2, -0.15) is 0 Å². The second-order valence-electron chi connectivity index (χ2n) is 12.4. The van der Waals surface area contributed by atoms with E-state index < -0.39 is 23.4 Å². The molecule has 1 aromatic carbocycles. The molecule has 0 unspecified atom stereocenters. The smallest absolute Gasteiger partial charge is 0.417 e. The second-order valence-corrected chi connectivity index (χ2v) is 12.4. The van der Waals surface area contributed by atoms with Crippen LogP contribution < -0.4 is 10.2 Å². The quantitative estimate of drug-likeness (QED) is 0.382. The summed E-state index contributed by atoms with van der Waals surface area (Å²) in [4.78, 5) is 59.9. The number of guanidine groups is 1. The summed E-state index contributed by atoms with van der Waals surface area (Å²) in [7, 11) is 1.32. The van der Waals surface area contributed by atoms with Crippen LogP contribution in [-0.2, 0) is 23.8 Å². The largest absolute Gasteiger partial charge is 0.469 e. The van der Waals surface area contributed by atoms with Gasteiger partial charge in [-0.05, 0) is 79.0 Å². The average molecular weight is 588 g/mol. The standard InChI is InChI=1S/C30H45N5O7/c1-29(2,3)41-27(38)34-16-9-17-35(28(39)42-30(4,5)6)26(34)32-22-10-8-11-23(20-22)33-18-13-21(14-19-33)25(37)31-15-12-24(36)40-7/h8,10-11,20-21H,9,12-19H2,1-7H3,(H,31,37). The molecule has 0 saturated carbocycles. The number of amides is 3. The summed E-state index contributed by atoms with van der Waals surface area (Å²) in [6.45, 7) is 13.0. The zero-order valence-corrected chi connectivity index (χ0v) is 25.9. The van der Waals surface area contributed by atoms with E-state index in [1.165, 1.54) is 16.9 Å². The highest BCUT2D eigenvalue weighted by molar-refractivity contribution is 6.03. The zero-order chi connectivity index (χ0) is 31.1. The van der Waals surface area contributed by atoms with Crippen molar-refractivity contribution >= 4 is 41.4 Å². The van der Waals surface area contributed by atoms with Gasteiger partial charge < -0.3 is 24.4 Å². The molecule has 2 saturated heterocycles. The third kappa shape index (κ3) is 9.63. The number of hydrogen-bond donors (Lipinski definition) is 1. The maximum atomic E-state index is 13.2. The molecular weight excluding hydrogens is 542 g/mol. The number of aliphatic imine (C=N–C) groups is 1. The number of esters is 1. The maximum Gasteiger partial charge on any atom is 0.417 e. The summed E-state index contributed by atoms with van der Waals surface area (Å²) < 4.78 is 15.9. The predicted molar refractivity (Wildman–Crippen MR) is 159 cm³/mol. The fraction of sp³-hybridized carbons (Fsp3) is 0.633. The lowest BCUT2D eigenvalue weighted by Gasteiger charge is -2.37. The number of rotatable bonds is 6. The van der Waals surface area contributed by atoms with E-state index in [0.717, 1.165) is 5.69 Å². The zero-order valence-electron chi connectivity index (χ0n) is 25.9. The molecule has 3 amide bonds. The number of hydrogen-bond acceptors (Lipinski definition) is 9. The minimum absolute atomic E-state index is 0.0551. The van der Waals surface area contributed by atoms with Gasteiger partial charge in [0.1, 0.15) is 11.2 Å². The van der Waals surface area contributed by atoms with Gasteiger partial charge in [0.15, 0.2) is 0 Å². The summed E-state index contributed by atoms with van der Waals surface area (Å²) in [6, 6.07) is 7.56. The Morgan fingerprint density at radius 3 is 2.00 bits per heavy atom. The summed E-state index contributed by atoms with van der Waals surface area (Å²) in [6.07, 6.45) is 0.856. The SMILES string of the molecule is COC(=O)CCNC(=O)C1CCN(c2cccc(N=C3N(C(=O)OC(C)(C)C)CCCN3C(=O)OC(C)(C)C)c2)CC1. The first-order chi connectivity index (χ1) is 19.7. The van der Waals surface area contributed by atoms with Crippen LogP contribution in [0.1, 0.15) is 67.2 Å². The summed E-state index contributed by atoms with van der Waals surface area (Å²) in [5.74, 6) is -0.385. The molecule has 0 bridgehead atoms. The van der Waals surface area contributed by atoms with E-state index in [4.69, 9.17) is 14.5 Å². The van der Waals surface area contributed by atoms with Crippen molar-refractivity contribution < 1.29 is 33.4 Å². The first-order valence-corrected chi connectivity index (χ1v) is 14.5. The van der Waals surface area contributed by atoms with Gasteiger partial charge in [-0.15, -0.1) is 0 Å². The molecule has 1 N–H and O–H groups in total. The van der Waals surface area contributed by atoms with Crippen LogP contribution >= 0.6 is 0 Å². The molecule has 2 fully saturated rings. The van der Waals surface area contributed by atoms with E-state index in [1.54, 1.807) is 41.5 Å². The molecule has 12 nitrogen and oxygen atoms in total. The van der Waals surface area contributed by atoms with Crippen LogP contribution in [0.3, 0.4) is 0 Å². The minimum atomic E-state index is -0.722. The van der Waals surface area contributed by atoms with Crippen molar-refractivity contribution in [2.75, 3.05) is 44.7 Å². The van der Waals surface area contributed by atoms with Crippen LogP contribution in [0.4, 0.5) is 21.0 Å². The van der Waals surface area contributed by atoms with Gasteiger partial charge in [0.25, 0.3) is 0 Å². The molecule has 2 aliphatic rings. The fourth-order valence-electron chi connectivity index (χ4n) is 4.64. The van der Waals surface area contributed by atoms with Crippen molar-refractivity contribution in [2.45, 2.75) is 78.4 Å². The van der Waals surface area contributed by atoms with Crippen molar-refractivity contribution in [3.63, 3.8) is 0 Å². The van der Waals surface area contributed by atoms with Crippen molar-refractivity contribution in [3.05, 3.63) is 24.3 Å². The number of carbonyl (C=O) groups excluding carboxylic acids is 4. The van der Waals surface area contributed by atoms with Gasteiger partial charge in [-0.1, -0.05) is 6.07 Å². The van der Waals surface area contributed by atoms with Gasteiger partial charge in [-0.3, -0.25) is 9.59 Å². The number of ether oxygens (including phenoxy) is 3. The van der Waals surface area contributed by atoms with Crippen molar-refractivity contribution in [1.82, 2.24) is 15.1 Å². The van der Waals surface area contributed by atoms with E-state index in [0.29, 0.717) is 51.1 Å². The Morgan fingerprint density at radius 2 is 1.48 bits per heavy atom. The van der Waals surface area contributed by atoms with E-state index >= 15 is 0 Å². The lowest BCUT2D eigenvalue weighted by molar-refractivity contribution is -0.140. The average Bonchev–Trinajstić information content (AvgIpc) is 2.91. The van der Waals surface area contributed by atoms with Gasteiger partial charge >= 0.3 is 18.2 Å². The molecular formula is C30H45N5O7. The highest BCUT2D eigenvalue weighted by Crippen LogP contribution is 2.28. The summed E-state index contributed by atoms with van der Waals surface area (Å²) in [5, 5.41) is 2.82. The van der Waals surface area contributed by atoms with Crippen molar-refractivity contribution in [3.8, 4) is 0 Å². The Bertz CT molecular complexity index is 1130. The Labute approximate surface area is 248 Å². The van der Waals surface area contributed by atoms with Crippen molar-refractivity contribution in [1.29, 1.82) is 0 Å². The minimum Gasteiger partial charge on any atom is -0.469 e. The predicted octanol–water partition coefficient (Wildman–Crippen LogP) is 4.45. The normalized spacial score (nSPS) is 16.5. The molecule has 3 rings (SSSR count). The Balaban J connectivity index is 1.78. The van der Waals surface area contributed by atoms with E-state index in [2.05, 4.69) is 15.0 Å². The molecule has 2 heterocycles. The molecule has 0 radical (unpaired) electrons. The third-order valence-corrected chi connectivity index (χ3v) is 6.62. The second kappa shape index (κ2) is 13.9. The van der Waals surface area contributed by atoms with Gasteiger partial charge in [0.05, 0.1) is 19.2 Å². The van der Waals surface area contributed by atoms with E-state index in [9.17, 15) is 19.2 Å². The molecule has 1 aromatic rings. The van der Waals surface area contributed by atoms with E-state index in [1.807, 2.05) is 24.3 Å². The molecule has 232 valence electrons. The topological polar surface area (TPSA) is 130 Å². The highest BCUT2D eigenvalue weighted by atomic mass is 16.6. The number of nitrogens with zero attached hydrogens (tertiary/aromatic N) is 4. The van der Waals surface area contributed by atoms with Crippen LogP contribution in [0, 0.1) is 5.92 Å². The number of anilines is 1. The summed E-state index contributed by atoms with van der Waals surface area (Å²) in [5.41, 5.74) is 0.0421. The lowest BCUT2D eigenvalue weighted by atomic mass is 9.95. The lowest BCUT2D eigenvalue weighted by Crippen LogP contribution is -2.56. The van der Waals surface area contributed by atoms with Crippen LogP contribution in [0.25, 0.3) is 0 Å². The molecule has 0 spiro atoms. The number of benzene rings is 1. The first kappa shape index (κ1) is 32.7. The van der Waals surface area contributed by atoms with Crippen molar-refractivity contribution in [2.24, 2.45) is 10.9 Å². The Hall–Kier alpha value is -3.83. The number of nitrogens with one attached hydrogen (secondary N) is 1. The first-order valence-electron chi connectivity index (χ1n) is 14.5. The summed E-state index contributed by atoms with van der Waals surface area (Å²) >= 11 is 0. The number of piperidine rings is 1. The molecule has 12 heteroatoms. The van der Waals surface area contributed by atoms with E-state index in [-0.39, 0.29) is 36.7 Å². The number of methoxy groups -OCH3 is 1. The Kier molecular flexibility index (Phi) is 10.8. The van der Waals surface area contributed by atoms with Crippen LogP contribution in [-0.4, -0.2) is 90.9 Å². The van der Waals surface area contributed by atoms with Crippen LogP contribution in [0.5, 0.6) is 0 Å².